The van der Waals surface area contributed by atoms with E-state index in [1.807, 2.05) is 0 Å². The normalized spacial score (nSPS) is 15.2. The van der Waals surface area contributed by atoms with Gasteiger partial charge in [0.15, 0.2) is 0 Å². The molecule has 2 aliphatic rings. The first kappa shape index (κ1) is 23.2. The largest absolute Gasteiger partial charge is 0.0798 e. The summed E-state index contributed by atoms with van der Waals surface area (Å²) in [5.74, 6) is 0. The zero-order valence-electron chi connectivity index (χ0n) is 21.7. The van der Waals surface area contributed by atoms with E-state index in [1.54, 1.807) is 21.5 Å². The zero-order valence-corrected chi connectivity index (χ0v) is 22.7. The monoisotopic (exact) mass is 440 g/mol. The van der Waals surface area contributed by atoms with Gasteiger partial charge in [-0.1, -0.05) is 91.8 Å². The van der Waals surface area contributed by atoms with Crippen LogP contribution in [0.2, 0.25) is 12.1 Å². The Morgan fingerprint density at radius 2 is 1.56 bits per heavy atom. The number of rotatable bonds is 3. The van der Waals surface area contributed by atoms with E-state index in [9.17, 15) is 0 Å². The topological polar surface area (TPSA) is 0 Å². The number of benzene rings is 2. The minimum absolute atomic E-state index is 0.120. The van der Waals surface area contributed by atoms with E-state index in [0.29, 0.717) is 0 Å². The maximum absolute atomic E-state index is 2.61. The molecule has 0 saturated carbocycles. The summed E-state index contributed by atoms with van der Waals surface area (Å²) in [6.45, 7) is 21.3. The number of hydrogen-bond acceptors (Lipinski definition) is 0. The first-order chi connectivity index (χ1) is 15.0. The second-order valence-electron chi connectivity index (χ2n) is 11.7. The van der Waals surface area contributed by atoms with Gasteiger partial charge in [0.2, 0.25) is 0 Å². The second-order valence-corrected chi connectivity index (χ2v) is 14.8. The van der Waals surface area contributed by atoms with Crippen LogP contribution in [-0.2, 0) is 10.8 Å². The Balaban J connectivity index is 2.19. The Kier molecular flexibility index (Phi) is 5.86. The lowest BCUT2D eigenvalue weighted by Gasteiger charge is -2.27. The van der Waals surface area contributed by atoms with Crippen molar-refractivity contribution in [1.29, 1.82) is 0 Å². The van der Waals surface area contributed by atoms with Crippen molar-refractivity contribution >= 4 is 20.1 Å². The lowest BCUT2D eigenvalue weighted by atomic mass is 9.79. The number of allylic oxidation sites excluding steroid dienone is 4. The minimum atomic E-state index is -0.591. The summed E-state index contributed by atoms with van der Waals surface area (Å²) >= 11 is 0. The van der Waals surface area contributed by atoms with Gasteiger partial charge in [0.25, 0.3) is 0 Å². The third kappa shape index (κ3) is 3.83. The van der Waals surface area contributed by atoms with Crippen molar-refractivity contribution < 1.29 is 0 Å². The highest BCUT2D eigenvalue weighted by Crippen LogP contribution is 2.40. The van der Waals surface area contributed by atoms with Crippen LogP contribution in [0.3, 0.4) is 0 Å². The first-order valence-electron chi connectivity index (χ1n) is 12.4. The van der Waals surface area contributed by atoms with Crippen molar-refractivity contribution in [3.05, 3.63) is 74.3 Å². The predicted octanol–water partition coefficient (Wildman–Crippen LogP) is 8.19. The smallest absolute Gasteiger partial charge is 0.0192 e. The molecular formula is C31H40Si. The maximum atomic E-state index is 2.61. The van der Waals surface area contributed by atoms with E-state index in [0.717, 1.165) is 6.42 Å². The van der Waals surface area contributed by atoms with Crippen LogP contribution in [0.5, 0.6) is 0 Å². The summed E-state index contributed by atoms with van der Waals surface area (Å²) in [6, 6.07) is 12.4. The van der Waals surface area contributed by atoms with Gasteiger partial charge >= 0.3 is 0 Å². The highest BCUT2D eigenvalue weighted by Gasteiger charge is 2.28. The Bertz CT molecular complexity index is 1260. The second kappa shape index (κ2) is 8.10. The fourth-order valence-electron chi connectivity index (χ4n) is 5.54. The molecule has 32 heavy (non-hydrogen) atoms. The van der Waals surface area contributed by atoms with Crippen LogP contribution in [0.25, 0.3) is 22.8 Å². The van der Waals surface area contributed by atoms with Crippen LogP contribution in [0, 0.1) is 4.81 Å². The Labute approximate surface area is 197 Å². The fraction of sp³-hybridized carbons (Fsp3) is 0.452. The molecule has 2 aliphatic carbocycles. The van der Waals surface area contributed by atoms with Crippen LogP contribution >= 0.6 is 0 Å². The summed E-state index contributed by atoms with van der Waals surface area (Å²) in [5.41, 5.74) is 12.1. The van der Waals surface area contributed by atoms with E-state index in [4.69, 9.17) is 0 Å². The van der Waals surface area contributed by atoms with Gasteiger partial charge in [0.1, 0.15) is 0 Å². The first-order valence-corrected chi connectivity index (χ1v) is 14.3. The van der Waals surface area contributed by atoms with Gasteiger partial charge in [-0.3, -0.25) is 0 Å². The summed E-state index contributed by atoms with van der Waals surface area (Å²) < 4.78 is 0. The minimum Gasteiger partial charge on any atom is -0.0798 e. The highest BCUT2D eigenvalue weighted by atomic mass is 28.2. The molecule has 0 fully saturated rings. The van der Waals surface area contributed by atoms with E-state index in [1.165, 1.54) is 45.1 Å². The van der Waals surface area contributed by atoms with Gasteiger partial charge in [-0.15, -0.1) is 0 Å². The standard InChI is InChI=1S/C31H40Si/c1-10-32(11-2)27-19-25-24-16-15-22(30(4,5)6)17-21(24)18-26(25)28(29(27)31(7,8)9)23-14-12-13-20(23)3/h12-13,15-19H,10-11,14H2,1-9H3. The molecule has 0 N–H and O–H groups in total. The lowest BCUT2D eigenvalue weighted by Crippen LogP contribution is -2.24. The molecule has 2 aromatic rings. The zero-order chi connectivity index (χ0) is 23.4. The summed E-state index contributed by atoms with van der Waals surface area (Å²) in [5, 5.41) is 1.46. The third-order valence-corrected chi connectivity index (χ3v) is 10.2. The molecule has 1 heteroatoms. The molecule has 0 bridgehead atoms. The molecule has 0 amide bonds. The summed E-state index contributed by atoms with van der Waals surface area (Å²) in [6.07, 6.45) is 8.23. The van der Waals surface area contributed by atoms with Gasteiger partial charge in [-0.2, -0.15) is 0 Å². The molecule has 0 atom stereocenters. The Hall–Kier alpha value is -1.99. The molecule has 0 spiro atoms. The average molecular weight is 441 g/mol. The van der Waals surface area contributed by atoms with Crippen molar-refractivity contribution in [3.63, 3.8) is 0 Å². The van der Waals surface area contributed by atoms with Gasteiger partial charge in [-0.05, 0) is 96.9 Å². The third-order valence-electron chi connectivity index (χ3n) is 7.33. The molecule has 0 aromatic heterocycles. The molecule has 0 heterocycles. The van der Waals surface area contributed by atoms with Crippen LogP contribution < -0.4 is 5.22 Å². The van der Waals surface area contributed by atoms with Gasteiger partial charge in [0, 0.05) is 8.41 Å². The van der Waals surface area contributed by atoms with Crippen LogP contribution in [0.1, 0.15) is 91.0 Å². The van der Waals surface area contributed by atoms with E-state index in [2.05, 4.69) is 105 Å². The SMILES string of the molecule is CC[Si](CC)=c1cc2c(c(C3=C(C)C=CC3)c1C(C)(C)C)=Cc1cc(C(C)(C)C)ccc1-2. The lowest BCUT2D eigenvalue weighted by molar-refractivity contribution is 0.585. The molecule has 0 saturated heterocycles. The molecule has 168 valence electrons. The van der Waals surface area contributed by atoms with E-state index in [-0.39, 0.29) is 10.8 Å². The quantitative estimate of drug-likeness (QED) is 0.360. The van der Waals surface area contributed by atoms with Crippen molar-refractivity contribution in [2.45, 2.75) is 91.7 Å². The van der Waals surface area contributed by atoms with Crippen molar-refractivity contribution in [2.24, 2.45) is 0 Å². The summed E-state index contributed by atoms with van der Waals surface area (Å²) in [4.78, 5) is 1.68. The van der Waals surface area contributed by atoms with Crippen molar-refractivity contribution in [1.82, 2.24) is 0 Å². The molecule has 0 nitrogen and oxygen atoms in total. The van der Waals surface area contributed by atoms with E-state index < -0.39 is 8.41 Å². The van der Waals surface area contributed by atoms with Gasteiger partial charge in [0.05, 0.1) is 0 Å². The molecule has 0 radical (unpaired) electrons. The van der Waals surface area contributed by atoms with Crippen LogP contribution in [0.15, 0.2) is 42.0 Å². The molecule has 4 rings (SSSR count). The van der Waals surface area contributed by atoms with Crippen molar-refractivity contribution in [2.75, 3.05) is 0 Å². The molecule has 2 aromatic carbocycles. The van der Waals surface area contributed by atoms with Crippen LogP contribution in [0.4, 0.5) is 0 Å². The number of hydrogen-bond donors (Lipinski definition) is 0. The highest BCUT2D eigenvalue weighted by molar-refractivity contribution is 6.50. The van der Waals surface area contributed by atoms with E-state index >= 15 is 0 Å². The Morgan fingerprint density at radius 3 is 2.09 bits per heavy atom. The van der Waals surface area contributed by atoms with Gasteiger partial charge < -0.3 is 0 Å². The molecular weight excluding hydrogens is 400 g/mol. The summed E-state index contributed by atoms with van der Waals surface area (Å²) in [7, 11) is -0.591. The van der Waals surface area contributed by atoms with Gasteiger partial charge in [-0.25, -0.2) is 0 Å². The molecule has 0 unspecified atom stereocenters. The fourth-order valence-corrected chi connectivity index (χ4v) is 8.00. The maximum Gasteiger partial charge on any atom is 0.0192 e. The molecule has 0 aliphatic heterocycles. The number of fused-ring (bicyclic) bond motifs is 3. The Morgan fingerprint density at radius 1 is 0.875 bits per heavy atom. The average Bonchev–Trinajstić information content (AvgIpc) is 3.29. The van der Waals surface area contributed by atoms with Crippen LogP contribution in [-0.4, -0.2) is 8.41 Å². The predicted molar refractivity (Wildman–Crippen MR) is 144 cm³/mol. The van der Waals surface area contributed by atoms with Crippen molar-refractivity contribution in [3.8, 4) is 11.1 Å².